The lowest BCUT2D eigenvalue weighted by molar-refractivity contribution is 0.315. The fourth-order valence-electron chi connectivity index (χ4n) is 1.90. The first-order chi connectivity index (χ1) is 8.77. The lowest BCUT2D eigenvalue weighted by atomic mass is 10.2. The molecule has 1 heterocycles. The van der Waals surface area contributed by atoms with Crippen LogP contribution >= 0.6 is 0 Å². The van der Waals surface area contributed by atoms with Crippen molar-refractivity contribution in [3.8, 4) is 0 Å². The summed E-state index contributed by atoms with van der Waals surface area (Å²) in [6.07, 6.45) is 3.64. The number of rotatable bonds is 7. The van der Waals surface area contributed by atoms with E-state index in [1.807, 2.05) is 18.2 Å². The Morgan fingerprint density at radius 2 is 2.06 bits per heavy atom. The molecule has 1 N–H and O–H groups in total. The zero-order chi connectivity index (χ0) is 12.8. The highest BCUT2D eigenvalue weighted by molar-refractivity contribution is 5.86. The van der Waals surface area contributed by atoms with Gasteiger partial charge in [-0.25, -0.2) is 4.63 Å². The van der Waals surface area contributed by atoms with Crippen LogP contribution in [0.25, 0.3) is 11.0 Å². The number of aromatic nitrogens is 2. The SMILES string of the molecule is CN(C)CCCCCNc1cccc2nonc12. The van der Waals surface area contributed by atoms with Crippen LogP contribution in [0.15, 0.2) is 22.8 Å². The van der Waals surface area contributed by atoms with E-state index in [1.165, 1.54) is 12.8 Å². The molecule has 0 saturated heterocycles. The third-order valence-electron chi connectivity index (χ3n) is 2.88. The zero-order valence-corrected chi connectivity index (χ0v) is 11.0. The van der Waals surface area contributed by atoms with E-state index in [-0.39, 0.29) is 0 Å². The van der Waals surface area contributed by atoms with E-state index in [4.69, 9.17) is 4.63 Å². The maximum Gasteiger partial charge on any atom is 0.158 e. The second-order valence-corrected chi connectivity index (χ2v) is 4.73. The van der Waals surface area contributed by atoms with Crippen LogP contribution in [0.4, 0.5) is 5.69 Å². The van der Waals surface area contributed by atoms with Crippen LogP contribution in [0, 0.1) is 0 Å². The molecule has 0 atom stereocenters. The van der Waals surface area contributed by atoms with E-state index in [9.17, 15) is 0 Å². The minimum Gasteiger partial charge on any atom is -0.383 e. The zero-order valence-electron chi connectivity index (χ0n) is 11.0. The quantitative estimate of drug-likeness (QED) is 0.762. The average Bonchev–Trinajstić information content (AvgIpc) is 2.82. The topological polar surface area (TPSA) is 54.2 Å². The fourth-order valence-corrected chi connectivity index (χ4v) is 1.90. The Morgan fingerprint density at radius 1 is 1.17 bits per heavy atom. The molecule has 0 unspecified atom stereocenters. The van der Waals surface area contributed by atoms with E-state index in [1.54, 1.807) is 0 Å². The molecule has 0 saturated carbocycles. The van der Waals surface area contributed by atoms with Crippen LogP contribution in [0.5, 0.6) is 0 Å². The minimum atomic E-state index is 0.799. The molecule has 0 radical (unpaired) electrons. The summed E-state index contributed by atoms with van der Waals surface area (Å²) in [5.74, 6) is 0. The van der Waals surface area contributed by atoms with Crippen LogP contribution in [0.1, 0.15) is 19.3 Å². The number of anilines is 1. The molecule has 0 bridgehead atoms. The maximum atomic E-state index is 4.73. The Kier molecular flexibility index (Phi) is 4.52. The Bertz CT molecular complexity index is 481. The molecule has 0 spiro atoms. The largest absolute Gasteiger partial charge is 0.383 e. The smallest absolute Gasteiger partial charge is 0.158 e. The summed E-state index contributed by atoms with van der Waals surface area (Å²) in [6.45, 7) is 2.11. The summed E-state index contributed by atoms with van der Waals surface area (Å²) in [5, 5.41) is 11.1. The fraction of sp³-hybridized carbons (Fsp3) is 0.538. The van der Waals surface area contributed by atoms with Gasteiger partial charge >= 0.3 is 0 Å². The van der Waals surface area contributed by atoms with Crippen molar-refractivity contribution in [3.05, 3.63) is 18.2 Å². The van der Waals surface area contributed by atoms with Gasteiger partial charge in [-0.2, -0.15) is 0 Å². The number of hydrogen-bond donors (Lipinski definition) is 1. The molecule has 5 heteroatoms. The van der Waals surface area contributed by atoms with E-state index >= 15 is 0 Å². The van der Waals surface area contributed by atoms with Crippen LogP contribution < -0.4 is 5.32 Å². The van der Waals surface area contributed by atoms with Crippen molar-refractivity contribution in [2.24, 2.45) is 0 Å². The Labute approximate surface area is 107 Å². The molecule has 0 amide bonds. The highest BCUT2D eigenvalue weighted by atomic mass is 16.6. The molecular formula is C13H20N4O. The summed E-state index contributed by atoms with van der Waals surface area (Å²) in [5.41, 5.74) is 2.61. The third kappa shape index (κ3) is 3.43. The Balaban J connectivity index is 1.75. The van der Waals surface area contributed by atoms with Crippen molar-refractivity contribution in [2.45, 2.75) is 19.3 Å². The molecule has 2 rings (SSSR count). The minimum absolute atomic E-state index is 0.799. The molecule has 0 fully saturated rings. The first kappa shape index (κ1) is 12.8. The normalized spacial score (nSPS) is 11.3. The lowest BCUT2D eigenvalue weighted by Crippen LogP contribution is -2.13. The van der Waals surface area contributed by atoms with Gasteiger partial charge in [-0.3, -0.25) is 0 Å². The molecule has 1 aromatic heterocycles. The van der Waals surface area contributed by atoms with E-state index in [2.05, 4.69) is 34.6 Å². The molecular weight excluding hydrogens is 228 g/mol. The van der Waals surface area contributed by atoms with Crippen LogP contribution in [0.2, 0.25) is 0 Å². The van der Waals surface area contributed by atoms with Crippen LogP contribution in [-0.2, 0) is 0 Å². The molecule has 0 aliphatic heterocycles. The van der Waals surface area contributed by atoms with Gasteiger partial charge in [-0.1, -0.05) is 12.5 Å². The van der Waals surface area contributed by atoms with Gasteiger partial charge in [0.05, 0.1) is 5.69 Å². The summed E-state index contributed by atoms with van der Waals surface area (Å²) < 4.78 is 4.73. The number of hydrogen-bond acceptors (Lipinski definition) is 5. The Morgan fingerprint density at radius 3 is 2.89 bits per heavy atom. The van der Waals surface area contributed by atoms with Gasteiger partial charge in [0, 0.05) is 6.54 Å². The lowest BCUT2D eigenvalue weighted by Gasteiger charge is -2.09. The van der Waals surface area contributed by atoms with E-state index in [0.29, 0.717) is 0 Å². The number of benzene rings is 1. The second kappa shape index (κ2) is 6.35. The van der Waals surface area contributed by atoms with Crippen molar-refractivity contribution < 1.29 is 4.63 Å². The predicted molar refractivity (Wildman–Crippen MR) is 72.7 cm³/mol. The van der Waals surface area contributed by atoms with Crippen molar-refractivity contribution in [2.75, 3.05) is 32.5 Å². The molecule has 98 valence electrons. The summed E-state index contributed by atoms with van der Waals surface area (Å²) in [6, 6.07) is 5.86. The summed E-state index contributed by atoms with van der Waals surface area (Å²) in [7, 11) is 4.22. The predicted octanol–water partition coefficient (Wildman–Crippen LogP) is 2.37. The molecule has 5 nitrogen and oxygen atoms in total. The molecule has 2 aromatic rings. The standard InChI is InChI=1S/C13H20N4O/c1-17(2)10-5-3-4-9-14-11-7-6-8-12-13(11)16-18-15-12/h6-8,14H,3-5,9-10H2,1-2H3. The molecule has 0 aliphatic rings. The average molecular weight is 248 g/mol. The highest BCUT2D eigenvalue weighted by Gasteiger charge is 2.04. The van der Waals surface area contributed by atoms with Gasteiger partial charge in [-0.15, -0.1) is 0 Å². The Hall–Kier alpha value is -1.62. The number of nitrogens with zero attached hydrogens (tertiary/aromatic N) is 3. The van der Waals surface area contributed by atoms with Gasteiger partial charge < -0.3 is 10.2 Å². The van der Waals surface area contributed by atoms with Gasteiger partial charge in [0.15, 0.2) is 5.52 Å². The number of fused-ring (bicyclic) bond motifs is 1. The second-order valence-electron chi connectivity index (χ2n) is 4.73. The molecule has 1 aromatic carbocycles. The van der Waals surface area contributed by atoms with E-state index < -0.39 is 0 Å². The number of nitrogens with one attached hydrogen (secondary N) is 1. The van der Waals surface area contributed by atoms with Crippen LogP contribution in [-0.4, -0.2) is 42.4 Å². The molecule has 18 heavy (non-hydrogen) atoms. The van der Waals surface area contributed by atoms with Gasteiger partial charge in [0.2, 0.25) is 0 Å². The summed E-state index contributed by atoms with van der Waals surface area (Å²) >= 11 is 0. The van der Waals surface area contributed by atoms with Crippen molar-refractivity contribution in [1.82, 2.24) is 15.2 Å². The maximum absolute atomic E-state index is 4.73. The molecule has 0 aliphatic carbocycles. The van der Waals surface area contributed by atoms with Crippen molar-refractivity contribution in [1.29, 1.82) is 0 Å². The van der Waals surface area contributed by atoms with Crippen molar-refractivity contribution in [3.63, 3.8) is 0 Å². The van der Waals surface area contributed by atoms with Gasteiger partial charge in [0.25, 0.3) is 0 Å². The van der Waals surface area contributed by atoms with Gasteiger partial charge in [-0.05, 0) is 55.9 Å². The first-order valence-corrected chi connectivity index (χ1v) is 6.37. The van der Waals surface area contributed by atoms with E-state index in [0.717, 1.165) is 36.2 Å². The first-order valence-electron chi connectivity index (χ1n) is 6.37. The monoisotopic (exact) mass is 248 g/mol. The van der Waals surface area contributed by atoms with Crippen LogP contribution in [0.3, 0.4) is 0 Å². The van der Waals surface area contributed by atoms with Gasteiger partial charge in [0.1, 0.15) is 5.52 Å². The third-order valence-corrected chi connectivity index (χ3v) is 2.88. The summed E-state index contributed by atoms with van der Waals surface area (Å²) in [4.78, 5) is 2.22. The highest BCUT2D eigenvalue weighted by Crippen LogP contribution is 2.19. The van der Waals surface area contributed by atoms with Crippen molar-refractivity contribution >= 4 is 16.7 Å². The number of unbranched alkanes of at least 4 members (excludes halogenated alkanes) is 2.